The summed E-state index contributed by atoms with van der Waals surface area (Å²) in [6, 6.07) is 7.60. The van der Waals surface area contributed by atoms with E-state index in [0.717, 1.165) is 18.4 Å². The van der Waals surface area contributed by atoms with Gasteiger partial charge in [-0.2, -0.15) is 0 Å². The molecular formula is C21H21F2N3O4S. The van der Waals surface area contributed by atoms with Crippen LogP contribution in [0, 0.1) is 16.4 Å². The molecule has 7 nitrogen and oxygen atoms in total. The van der Waals surface area contributed by atoms with E-state index in [4.69, 9.17) is 13.6 Å². The highest BCUT2D eigenvalue weighted by molar-refractivity contribution is 7.90. The molecule has 1 unspecified atom stereocenters. The summed E-state index contributed by atoms with van der Waals surface area (Å²) in [6.07, 6.45) is 1.82. The molecule has 31 heavy (non-hydrogen) atoms. The van der Waals surface area contributed by atoms with E-state index in [9.17, 15) is 22.6 Å². The lowest BCUT2D eigenvalue weighted by atomic mass is 10.0. The first-order valence-corrected chi connectivity index (χ1v) is 11.1. The van der Waals surface area contributed by atoms with Gasteiger partial charge in [0.25, 0.3) is 11.8 Å². The van der Waals surface area contributed by atoms with Gasteiger partial charge in [0.15, 0.2) is 0 Å². The molecule has 2 aromatic rings. The fourth-order valence-corrected chi connectivity index (χ4v) is 3.75. The molecule has 2 aromatic carbocycles. The summed E-state index contributed by atoms with van der Waals surface area (Å²) in [5.74, 6) is -3.90. The molecule has 0 bridgehead atoms. The topological polar surface area (TPSA) is 108 Å². The zero-order valence-electron chi connectivity index (χ0n) is 19.4. The number of carbonyl (C=O) groups excluding carboxylic acids is 2. The minimum atomic E-state index is -3.35. The van der Waals surface area contributed by atoms with Crippen molar-refractivity contribution in [2.75, 3.05) is 18.6 Å². The number of hydrogen-bond acceptors (Lipinski definition) is 5. The molecule has 2 amide bonds. The van der Waals surface area contributed by atoms with Crippen LogP contribution in [0.15, 0.2) is 47.5 Å². The molecule has 0 spiro atoms. The second kappa shape index (κ2) is 8.84. The number of amides is 2. The van der Waals surface area contributed by atoms with Gasteiger partial charge in [-0.25, -0.2) is 17.8 Å². The van der Waals surface area contributed by atoms with Crippen LogP contribution >= 0.6 is 0 Å². The Balaban J connectivity index is 1.86. The average Bonchev–Trinajstić information content (AvgIpc) is 3.18. The molecule has 0 aromatic heterocycles. The van der Waals surface area contributed by atoms with E-state index >= 15 is 0 Å². The summed E-state index contributed by atoms with van der Waals surface area (Å²) in [5.41, 5.74) is -0.338. The van der Waals surface area contributed by atoms with E-state index in [1.54, 1.807) is 0 Å². The van der Waals surface area contributed by atoms with Gasteiger partial charge in [-0.15, -0.1) is 0 Å². The van der Waals surface area contributed by atoms with Crippen molar-refractivity contribution in [3.8, 4) is 16.9 Å². The van der Waals surface area contributed by atoms with Gasteiger partial charge in [0.1, 0.15) is 33.0 Å². The van der Waals surface area contributed by atoms with E-state index in [0.29, 0.717) is 6.42 Å². The number of carbonyl (C=O) groups is 2. The molecule has 0 fully saturated rings. The van der Waals surface area contributed by atoms with Crippen LogP contribution in [0.4, 0.5) is 14.5 Å². The third-order valence-corrected chi connectivity index (χ3v) is 5.19. The van der Waals surface area contributed by atoms with Crippen LogP contribution < -0.4 is 14.8 Å². The minimum Gasteiger partial charge on any atom is -0.497 e. The zero-order chi connectivity index (χ0) is 25.3. The first kappa shape index (κ1) is 18.5. The van der Waals surface area contributed by atoms with Crippen LogP contribution in [-0.4, -0.2) is 29.3 Å². The van der Waals surface area contributed by atoms with Crippen molar-refractivity contribution in [1.82, 2.24) is 4.72 Å². The number of nitrogens with one attached hydrogen (secondary N) is 3. The minimum absolute atomic E-state index is 0.00135. The van der Waals surface area contributed by atoms with Gasteiger partial charge < -0.3 is 10.1 Å². The van der Waals surface area contributed by atoms with Crippen molar-refractivity contribution in [2.45, 2.75) is 19.3 Å². The van der Waals surface area contributed by atoms with Gasteiger partial charge in [0, 0.05) is 17.4 Å². The summed E-state index contributed by atoms with van der Waals surface area (Å²) < 4.78 is 76.6. The number of halogens is 2. The van der Waals surface area contributed by atoms with E-state index in [1.807, 2.05) is 4.72 Å². The molecule has 3 N–H and O–H groups in total. The Morgan fingerprint density at radius 3 is 2.35 bits per heavy atom. The van der Waals surface area contributed by atoms with Crippen LogP contribution in [0.25, 0.3) is 11.1 Å². The van der Waals surface area contributed by atoms with Gasteiger partial charge in [-0.1, -0.05) is 12.1 Å². The van der Waals surface area contributed by atoms with Crippen molar-refractivity contribution < 1.29 is 31.4 Å². The molecule has 1 aliphatic rings. The number of anilines is 1. The first-order valence-electron chi connectivity index (χ1n) is 10.6. The summed E-state index contributed by atoms with van der Waals surface area (Å²) in [6.45, 7) is 0. The third-order valence-electron chi connectivity index (χ3n) is 4.62. The zero-order valence-corrected chi connectivity index (χ0v) is 17.2. The largest absolute Gasteiger partial charge is 0.497 e. The van der Waals surface area contributed by atoms with Crippen molar-refractivity contribution in [3.63, 3.8) is 0 Å². The first-order chi connectivity index (χ1) is 15.7. The van der Waals surface area contributed by atoms with Crippen molar-refractivity contribution in [2.24, 2.45) is 0 Å². The van der Waals surface area contributed by atoms with Crippen LogP contribution in [0.5, 0.6) is 5.75 Å². The smallest absolute Gasteiger partial charge is 0.259 e. The average molecular weight is 452 g/mol. The predicted molar refractivity (Wildman–Crippen MR) is 113 cm³/mol. The molecule has 1 aliphatic carbocycles. The van der Waals surface area contributed by atoms with Gasteiger partial charge in [0.2, 0.25) is 0 Å². The third kappa shape index (κ3) is 5.26. The molecule has 164 valence electrons. The highest BCUT2D eigenvalue weighted by Gasteiger charge is 2.27. The molecule has 1 atom stereocenters. The lowest BCUT2D eigenvalue weighted by Gasteiger charge is -2.12. The normalized spacial score (nSPS) is 17.2. The Hall–Kier alpha value is -3.27. The van der Waals surface area contributed by atoms with E-state index < -0.39 is 46.1 Å². The number of hydrogen-bond donors (Lipinski definition) is 3. The molecule has 0 aliphatic heterocycles. The number of methoxy groups -OCH3 is 1. The second-order valence-corrected chi connectivity index (χ2v) is 8.88. The van der Waals surface area contributed by atoms with Crippen molar-refractivity contribution in [3.05, 3.63) is 59.2 Å². The lowest BCUT2D eigenvalue weighted by Crippen LogP contribution is -2.30. The Labute approximate surface area is 182 Å². The Morgan fingerprint density at radius 1 is 1.10 bits per heavy atom. The fourth-order valence-electron chi connectivity index (χ4n) is 3.27. The van der Waals surface area contributed by atoms with E-state index in [1.165, 1.54) is 24.3 Å². The predicted octanol–water partition coefficient (Wildman–Crippen LogP) is 3.77. The molecule has 0 radical (unpaired) electrons. The highest BCUT2D eigenvalue weighted by Crippen LogP contribution is 2.31. The molecular weight excluding hydrogens is 428 g/mol. The number of rotatable bonds is 6. The van der Waals surface area contributed by atoms with Crippen LogP contribution in [-0.2, 0) is 19.5 Å². The number of ether oxygens (including phenoxy) is 1. The Morgan fingerprint density at radius 2 is 1.74 bits per heavy atom. The van der Waals surface area contributed by atoms with Crippen LogP contribution in [0.1, 0.15) is 23.4 Å². The van der Waals surface area contributed by atoms with Gasteiger partial charge >= 0.3 is 0 Å². The maximum Gasteiger partial charge on any atom is 0.259 e. The van der Waals surface area contributed by atoms with Gasteiger partial charge in [0.05, 0.1) is 11.2 Å². The molecule has 10 heteroatoms. The monoisotopic (exact) mass is 452 g/mol. The molecule has 3 rings (SSSR count). The van der Waals surface area contributed by atoms with Gasteiger partial charge in [-0.05, 0) is 54.7 Å². The van der Waals surface area contributed by atoms with Gasteiger partial charge in [-0.3, -0.25) is 14.3 Å². The maximum absolute atomic E-state index is 14.8. The van der Waals surface area contributed by atoms with Crippen LogP contribution in [0.2, 0.25) is 0 Å². The highest BCUT2D eigenvalue weighted by atomic mass is 32.2. The van der Waals surface area contributed by atoms with Crippen LogP contribution in [0.3, 0.4) is 0 Å². The Bertz CT molecular complexity index is 1270. The van der Waals surface area contributed by atoms with E-state index in [-0.39, 0.29) is 40.9 Å². The number of benzene rings is 2. The fraction of sp³-hybridized carbons (Fsp3) is 0.238. The Kier molecular flexibility index (Phi) is 5.28. The quantitative estimate of drug-likeness (QED) is 0.620. The summed E-state index contributed by atoms with van der Waals surface area (Å²) in [4.78, 5) is 24.9. The van der Waals surface area contributed by atoms with Crippen molar-refractivity contribution in [1.29, 1.82) is 4.78 Å². The van der Waals surface area contributed by atoms with Crippen molar-refractivity contribution >= 4 is 27.4 Å². The standard InChI is InChI=1S/C21H21F2N3O4S/c1-30-14-6-3-5-12(9-14)13-10-17(22)19(18(23)11-13)25-20(27)15-7-4-8-16(15)21(28)26-31(2,24)29/h3,5-6,9-11H,4,7-8H2,1-2H3,(H,25,27)(H2,24,26,28,29)/i1D3. The summed E-state index contributed by atoms with van der Waals surface area (Å²) in [7, 11) is -6.04. The molecule has 0 saturated carbocycles. The maximum atomic E-state index is 14.8. The second-order valence-electron chi connectivity index (χ2n) is 6.98. The lowest BCUT2D eigenvalue weighted by molar-refractivity contribution is -0.117. The molecule has 0 heterocycles. The summed E-state index contributed by atoms with van der Waals surface area (Å²) >= 11 is 0. The summed E-state index contributed by atoms with van der Waals surface area (Å²) in [5, 5.41) is 2.15. The molecule has 0 saturated heterocycles. The SMILES string of the molecule is [2H]C([2H])([2H])Oc1cccc(-c2cc(F)c(NC(=O)C3=C(C(=O)NS(C)(=N)=O)CCC3)c(F)c2)c1. The van der Waals surface area contributed by atoms with E-state index in [2.05, 4.69) is 5.32 Å².